The number of carbonyl (C=O) groups is 3. The van der Waals surface area contributed by atoms with E-state index in [0.29, 0.717) is 37.9 Å². The molecule has 1 atom stereocenters. The summed E-state index contributed by atoms with van der Waals surface area (Å²) in [5.41, 5.74) is 0. The standard InChI is InChI=1S/C18H20N6O4/c25-15(22-6-8-23(9-7-22)17-19-4-2-5-20-17)14-11-21-18(27)24(16(14)26)12-13-3-1-10-28-13/h1-5,10,14H,6-9,11-12H2,(H,21,27). The van der Waals surface area contributed by atoms with Gasteiger partial charge in [0.15, 0.2) is 0 Å². The van der Waals surface area contributed by atoms with Crippen molar-refractivity contribution in [3.63, 3.8) is 0 Å². The van der Waals surface area contributed by atoms with Crippen molar-refractivity contribution < 1.29 is 18.8 Å². The number of piperazine rings is 1. The van der Waals surface area contributed by atoms with E-state index < -0.39 is 17.9 Å². The Balaban J connectivity index is 1.39. The fourth-order valence-corrected chi connectivity index (χ4v) is 3.36. The number of nitrogens with one attached hydrogen (secondary N) is 1. The van der Waals surface area contributed by atoms with Gasteiger partial charge in [-0.3, -0.25) is 14.5 Å². The molecule has 2 aromatic rings. The molecule has 2 aliphatic heterocycles. The van der Waals surface area contributed by atoms with Gasteiger partial charge in [-0.1, -0.05) is 0 Å². The van der Waals surface area contributed by atoms with Crippen molar-refractivity contribution in [2.24, 2.45) is 5.92 Å². The van der Waals surface area contributed by atoms with E-state index in [-0.39, 0.29) is 19.0 Å². The van der Waals surface area contributed by atoms with Crippen LogP contribution < -0.4 is 10.2 Å². The zero-order valence-corrected chi connectivity index (χ0v) is 15.2. The van der Waals surface area contributed by atoms with Crippen LogP contribution in [0.25, 0.3) is 0 Å². The minimum Gasteiger partial charge on any atom is -0.467 e. The molecular formula is C18H20N6O4. The number of aromatic nitrogens is 2. The summed E-state index contributed by atoms with van der Waals surface area (Å²) in [7, 11) is 0. The normalized spacial score (nSPS) is 20.3. The van der Waals surface area contributed by atoms with E-state index in [4.69, 9.17) is 4.42 Å². The lowest BCUT2D eigenvalue weighted by molar-refractivity contribution is -0.147. The van der Waals surface area contributed by atoms with E-state index in [1.807, 2.05) is 4.90 Å². The maximum absolute atomic E-state index is 12.9. The van der Waals surface area contributed by atoms with Gasteiger partial charge in [0.25, 0.3) is 0 Å². The number of rotatable bonds is 4. The van der Waals surface area contributed by atoms with Crippen molar-refractivity contribution in [3.8, 4) is 0 Å². The number of carbonyl (C=O) groups excluding carboxylic acids is 3. The summed E-state index contributed by atoms with van der Waals surface area (Å²) in [5, 5.41) is 2.63. The van der Waals surface area contributed by atoms with Gasteiger partial charge in [-0.25, -0.2) is 14.8 Å². The quantitative estimate of drug-likeness (QED) is 0.743. The van der Waals surface area contributed by atoms with Gasteiger partial charge in [0.2, 0.25) is 17.8 Å². The Kier molecular flexibility index (Phi) is 4.92. The zero-order valence-electron chi connectivity index (χ0n) is 15.2. The van der Waals surface area contributed by atoms with Gasteiger partial charge in [-0.05, 0) is 18.2 Å². The molecule has 0 bridgehead atoms. The SMILES string of the molecule is O=C(C1CNC(=O)N(Cc2ccco2)C1=O)N1CCN(c2ncccn2)CC1. The number of urea groups is 1. The van der Waals surface area contributed by atoms with Crippen molar-refractivity contribution >= 4 is 23.8 Å². The molecule has 2 fully saturated rings. The smallest absolute Gasteiger partial charge is 0.324 e. The molecule has 0 aliphatic carbocycles. The van der Waals surface area contributed by atoms with Gasteiger partial charge in [0.05, 0.1) is 12.8 Å². The third-order valence-electron chi connectivity index (χ3n) is 4.89. The van der Waals surface area contributed by atoms with Crippen LogP contribution in [0.2, 0.25) is 0 Å². The molecule has 0 spiro atoms. The first kappa shape index (κ1) is 18.0. The number of nitrogens with zero attached hydrogens (tertiary/aromatic N) is 5. The first-order valence-corrected chi connectivity index (χ1v) is 9.06. The van der Waals surface area contributed by atoms with Crippen LogP contribution in [-0.4, -0.2) is 70.3 Å². The van der Waals surface area contributed by atoms with E-state index in [1.165, 1.54) is 6.26 Å². The number of imide groups is 1. The summed E-state index contributed by atoms with van der Waals surface area (Å²) in [4.78, 5) is 50.9. The number of hydrogen-bond donors (Lipinski definition) is 1. The molecule has 146 valence electrons. The second kappa shape index (κ2) is 7.67. The third kappa shape index (κ3) is 3.53. The molecule has 1 unspecified atom stereocenters. The summed E-state index contributed by atoms with van der Waals surface area (Å²) < 4.78 is 5.21. The summed E-state index contributed by atoms with van der Waals surface area (Å²) in [6.07, 6.45) is 4.83. The predicted molar refractivity (Wildman–Crippen MR) is 97.0 cm³/mol. The molecule has 2 aliphatic rings. The van der Waals surface area contributed by atoms with Crippen LogP contribution in [-0.2, 0) is 16.1 Å². The van der Waals surface area contributed by atoms with Gasteiger partial charge >= 0.3 is 6.03 Å². The first-order chi connectivity index (χ1) is 13.6. The fraction of sp³-hybridized carbons (Fsp3) is 0.389. The summed E-state index contributed by atoms with van der Waals surface area (Å²) in [6, 6.07) is 4.59. The Bertz CT molecular complexity index is 848. The Morgan fingerprint density at radius 1 is 1.14 bits per heavy atom. The largest absolute Gasteiger partial charge is 0.467 e. The molecule has 28 heavy (non-hydrogen) atoms. The van der Waals surface area contributed by atoms with Crippen LogP contribution in [0, 0.1) is 5.92 Å². The van der Waals surface area contributed by atoms with Gasteiger partial charge < -0.3 is 19.5 Å². The highest BCUT2D eigenvalue weighted by Gasteiger charge is 2.41. The highest BCUT2D eigenvalue weighted by Crippen LogP contribution is 2.18. The lowest BCUT2D eigenvalue weighted by atomic mass is 10.0. The monoisotopic (exact) mass is 384 g/mol. The van der Waals surface area contributed by atoms with E-state index in [0.717, 1.165) is 4.90 Å². The van der Waals surface area contributed by atoms with Crippen LogP contribution in [0.5, 0.6) is 0 Å². The molecule has 10 nitrogen and oxygen atoms in total. The molecule has 4 heterocycles. The maximum Gasteiger partial charge on any atom is 0.324 e. The zero-order chi connectivity index (χ0) is 19.5. The molecule has 4 amide bonds. The van der Waals surface area contributed by atoms with E-state index in [9.17, 15) is 14.4 Å². The van der Waals surface area contributed by atoms with Crippen LogP contribution in [0.4, 0.5) is 10.7 Å². The minimum atomic E-state index is -0.924. The molecule has 4 rings (SSSR count). The van der Waals surface area contributed by atoms with E-state index in [1.54, 1.807) is 35.5 Å². The fourth-order valence-electron chi connectivity index (χ4n) is 3.36. The average molecular weight is 384 g/mol. The lowest BCUT2D eigenvalue weighted by Gasteiger charge is -2.38. The van der Waals surface area contributed by atoms with Gasteiger partial charge in [0, 0.05) is 45.1 Å². The molecule has 2 saturated heterocycles. The van der Waals surface area contributed by atoms with E-state index in [2.05, 4.69) is 15.3 Å². The van der Waals surface area contributed by atoms with Gasteiger partial charge in [0.1, 0.15) is 11.7 Å². The third-order valence-corrected chi connectivity index (χ3v) is 4.89. The summed E-state index contributed by atoms with van der Waals surface area (Å²) in [5.74, 6) is -0.595. The predicted octanol–water partition coefficient (Wildman–Crippen LogP) is 0.0864. The molecule has 0 aromatic carbocycles. The molecule has 2 aromatic heterocycles. The minimum absolute atomic E-state index is 0.000566. The van der Waals surface area contributed by atoms with Crippen molar-refractivity contribution in [1.82, 2.24) is 25.1 Å². The van der Waals surface area contributed by atoms with Crippen molar-refractivity contribution in [3.05, 3.63) is 42.6 Å². The Morgan fingerprint density at radius 3 is 2.57 bits per heavy atom. The first-order valence-electron chi connectivity index (χ1n) is 9.06. The van der Waals surface area contributed by atoms with E-state index >= 15 is 0 Å². The molecule has 10 heteroatoms. The maximum atomic E-state index is 12.9. The second-order valence-corrected chi connectivity index (χ2v) is 6.60. The Hall–Kier alpha value is -3.43. The van der Waals surface area contributed by atoms with Crippen molar-refractivity contribution in [1.29, 1.82) is 0 Å². The molecule has 1 N–H and O–H groups in total. The summed E-state index contributed by atoms with van der Waals surface area (Å²) >= 11 is 0. The van der Waals surface area contributed by atoms with Crippen LogP contribution in [0.3, 0.4) is 0 Å². The number of amides is 4. The van der Waals surface area contributed by atoms with Gasteiger partial charge in [-0.15, -0.1) is 0 Å². The van der Waals surface area contributed by atoms with Crippen LogP contribution in [0.15, 0.2) is 41.3 Å². The van der Waals surface area contributed by atoms with Crippen molar-refractivity contribution in [2.45, 2.75) is 6.54 Å². The number of hydrogen-bond acceptors (Lipinski definition) is 7. The average Bonchev–Trinajstić information content (AvgIpc) is 3.25. The molecule has 0 radical (unpaired) electrons. The Labute approximate surface area is 161 Å². The number of anilines is 1. The van der Waals surface area contributed by atoms with Crippen LogP contribution in [0.1, 0.15) is 5.76 Å². The molecule has 0 saturated carbocycles. The van der Waals surface area contributed by atoms with Gasteiger partial charge in [-0.2, -0.15) is 0 Å². The highest BCUT2D eigenvalue weighted by atomic mass is 16.3. The second-order valence-electron chi connectivity index (χ2n) is 6.60. The number of furan rings is 1. The van der Waals surface area contributed by atoms with Crippen LogP contribution >= 0.6 is 0 Å². The topological polar surface area (TPSA) is 112 Å². The van der Waals surface area contributed by atoms with Crippen molar-refractivity contribution in [2.75, 3.05) is 37.6 Å². The lowest BCUT2D eigenvalue weighted by Crippen LogP contribution is -2.60. The Morgan fingerprint density at radius 2 is 1.89 bits per heavy atom. The molecular weight excluding hydrogens is 364 g/mol. The highest BCUT2D eigenvalue weighted by molar-refractivity contribution is 6.08. The summed E-state index contributed by atoms with van der Waals surface area (Å²) in [6.45, 7) is 2.10.